The van der Waals surface area contributed by atoms with Gasteiger partial charge >= 0.3 is 6.16 Å². The molecule has 0 spiro atoms. The summed E-state index contributed by atoms with van der Waals surface area (Å²) in [4.78, 5) is 13.6. The quantitative estimate of drug-likeness (QED) is 0.736. The number of piperazine rings is 1. The van der Waals surface area contributed by atoms with Crippen LogP contribution in [0.5, 0.6) is 0 Å². The summed E-state index contributed by atoms with van der Waals surface area (Å²) in [6, 6.07) is 9.74. The molecule has 10 nitrogen and oxygen atoms in total. The molecule has 1 aliphatic rings. The second kappa shape index (κ2) is 9.95. The molecule has 2 aromatic rings. The first kappa shape index (κ1) is 22.3. The van der Waals surface area contributed by atoms with Crippen molar-refractivity contribution in [1.29, 1.82) is 5.26 Å². The topological polar surface area (TPSA) is 129 Å². The number of hydrogen-bond donors (Lipinski definition) is 2. The van der Waals surface area contributed by atoms with Gasteiger partial charge in [-0.2, -0.15) is 10.1 Å². The number of benzene rings is 1. The molecule has 1 aromatic heterocycles. The Morgan fingerprint density at radius 2 is 1.90 bits per heavy atom. The summed E-state index contributed by atoms with van der Waals surface area (Å²) in [5.74, 6) is 0.698. The Morgan fingerprint density at radius 1 is 1.28 bits per heavy atom. The molecular weight excluding hydrogens is 374 g/mol. The van der Waals surface area contributed by atoms with E-state index in [1.807, 2.05) is 24.3 Å². The molecule has 29 heavy (non-hydrogen) atoms. The number of ether oxygens (including phenoxy) is 1. The van der Waals surface area contributed by atoms with Gasteiger partial charge in [0.15, 0.2) is 5.82 Å². The Hall–Kier alpha value is -3.03. The molecule has 0 amide bonds. The number of carboxylic acid groups (broad SMARTS) is 1. The van der Waals surface area contributed by atoms with Crippen LogP contribution in [0.4, 0.5) is 4.79 Å². The molecule has 1 aliphatic heterocycles. The number of tetrazole rings is 1. The number of nitrogens with zero attached hydrogens (tertiary/aromatic N) is 6. The highest BCUT2D eigenvalue weighted by molar-refractivity contribution is 5.57. The summed E-state index contributed by atoms with van der Waals surface area (Å²) >= 11 is 0. The molecule has 1 fully saturated rings. The van der Waals surface area contributed by atoms with Gasteiger partial charge in [0.1, 0.15) is 5.60 Å². The van der Waals surface area contributed by atoms with Crippen LogP contribution in [0.3, 0.4) is 0 Å². The third-order valence-electron chi connectivity index (χ3n) is 4.03. The van der Waals surface area contributed by atoms with Gasteiger partial charge in [-0.15, -0.1) is 10.2 Å². The van der Waals surface area contributed by atoms with Gasteiger partial charge in [-0.25, -0.2) is 4.79 Å². The number of rotatable bonds is 3. The molecule has 3 rings (SSSR count). The molecule has 1 saturated heterocycles. The minimum atomic E-state index is -1.22. The zero-order valence-electron chi connectivity index (χ0n) is 17.2. The van der Waals surface area contributed by atoms with Gasteiger partial charge in [0.25, 0.3) is 0 Å². The molecule has 1 atom stereocenters. The molecule has 10 heteroatoms. The van der Waals surface area contributed by atoms with Gasteiger partial charge in [0, 0.05) is 26.2 Å². The smallest absolute Gasteiger partial charge is 0.450 e. The number of nitrogens with one attached hydrogen (secondary N) is 1. The fourth-order valence-electron chi connectivity index (χ4n) is 2.87. The zero-order valence-corrected chi connectivity index (χ0v) is 17.2. The molecule has 0 bridgehead atoms. The Kier molecular flexibility index (Phi) is 7.64. The normalized spacial score (nSPS) is 15.6. The SMILES string of the molecule is CC(C)(C)OC(=O)O.Cn1nnc(C(c2ccc(C#N)cc2)N2CCNCC2)n1. The molecule has 2 heterocycles. The fourth-order valence-corrected chi connectivity index (χ4v) is 2.87. The monoisotopic (exact) mass is 401 g/mol. The van der Waals surface area contributed by atoms with Gasteiger partial charge < -0.3 is 15.2 Å². The highest BCUT2D eigenvalue weighted by Gasteiger charge is 2.27. The van der Waals surface area contributed by atoms with E-state index >= 15 is 0 Å². The van der Waals surface area contributed by atoms with Crippen LogP contribution in [0, 0.1) is 11.3 Å². The lowest BCUT2D eigenvalue weighted by Crippen LogP contribution is -2.45. The summed E-state index contributed by atoms with van der Waals surface area (Å²) in [5, 5.41) is 32.8. The molecule has 0 aliphatic carbocycles. The lowest BCUT2D eigenvalue weighted by Gasteiger charge is -2.33. The van der Waals surface area contributed by atoms with E-state index in [0.29, 0.717) is 11.4 Å². The molecule has 2 N–H and O–H groups in total. The van der Waals surface area contributed by atoms with Crippen molar-refractivity contribution in [3.63, 3.8) is 0 Å². The molecule has 1 unspecified atom stereocenters. The second-order valence-corrected chi connectivity index (χ2v) is 7.54. The summed E-state index contributed by atoms with van der Waals surface area (Å²) in [5.41, 5.74) is 1.17. The largest absolute Gasteiger partial charge is 0.506 e. The minimum Gasteiger partial charge on any atom is -0.450 e. The number of hydrogen-bond acceptors (Lipinski definition) is 8. The average Bonchev–Trinajstić information content (AvgIpc) is 3.08. The van der Waals surface area contributed by atoms with Crippen LogP contribution >= 0.6 is 0 Å². The van der Waals surface area contributed by atoms with E-state index in [1.54, 1.807) is 27.8 Å². The third kappa shape index (κ3) is 7.14. The Bertz CT molecular complexity index is 831. The number of aryl methyl sites for hydroxylation is 1. The van der Waals surface area contributed by atoms with Gasteiger partial charge in [-0.05, 0) is 43.7 Å². The zero-order chi connectivity index (χ0) is 21.4. The van der Waals surface area contributed by atoms with E-state index < -0.39 is 11.8 Å². The predicted octanol–water partition coefficient (Wildman–Crippen LogP) is 1.56. The Labute approximate surface area is 170 Å². The maximum absolute atomic E-state index is 9.79. The summed E-state index contributed by atoms with van der Waals surface area (Å²) in [7, 11) is 1.77. The number of nitriles is 1. The van der Waals surface area contributed by atoms with E-state index in [2.05, 4.69) is 36.4 Å². The van der Waals surface area contributed by atoms with E-state index in [-0.39, 0.29) is 6.04 Å². The highest BCUT2D eigenvalue weighted by atomic mass is 16.7. The van der Waals surface area contributed by atoms with Crippen molar-refractivity contribution in [3.8, 4) is 6.07 Å². The average molecular weight is 401 g/mol. The first-order chi connectivity index (χ1) is 13.7. The maximum Gasteiger partial charge on any atom is 0.506 e. The first-order valence-electron chi connectivity index (χ1n) is 9.30. The lowest BCUT2D eigenvalue weighted by atomic mass is 10.0. The van der Waals surface area contributed by atoms with Crippen molar-refractivity contribution < 1.29 is 14.6 Å². The van der Waals surface area contributed by atoms with E-state index in [0.717, 1.165) is 31.7 Å². The van der Waals surface area contributed by atoms with Crippen molar-refractivity contribution in [2.45, 2.75) is 32.4 Å². The summed E-state index contributed by atoms with van der Waals surface area (Å²) < 4.78 is 4.35. The molecular formula is C19H27N7O3. The summed E-state index contributed by atoms with van der Waals surface area (Å²) in [6.07, 6.45) is -1.22. The van der Waals surface area contributed by atoms with E-state index in [9.17, 15) is 4.79 Å². The van der Waals surface area contributed by atoms with Crippen molar-refractivity contribution in [1.82, 2.24) is 30.4 Å². The van der Waals surface area contributed by atoms with Crippen molar-refractivity contribution in [3.05, 3.63) is 41.2 Å². The van der Waals surface area contributed by atoms with Crippen LogP contribution in [-0.2, 0) is 11.8 Å². The fraction of sp³-hybridized carbons (Fsp3) is 0.526. The van der Waals surface area contributed by atoms with E-state index in [4.69, 9.17) is 10.4 Å². The van der Waals surface area contributed by atoms with Crippen LogP contribution in [0.25, 0.3) is 0 Å². The molecule has 156 valence electrons. The van der Waals surface area contributed by atoms with Crippen molar-refractivity contribution >= 4 is 6.16 Å². The van der Waals surface area contributed by atoms with Crippen LogP contribution in [0.1, 0.15) is 43.8 Å². The van der Waals surface area contributed by atoms with Gasteiger partial charge in [-0.1, -0.05) is 12.1 Å². The molecule has 0 saturated carbocycles. The third-order valence-corrected chi connectivity index (χ3v) is 4.03. The minimum absolute atomic E-state index is 0.0199. The van der Waals surface area contributed by atoms with Crippen LogP contribution in [0.2, 0.25) is 0 Å². The van der Waals surface area contributed by atoms with Gasteiger partial charge in [0.05, 0.1) is 24.7 Å². The van der Waals surface area contributed by atoms with Gasteiger partial charge in [-0.3, -0.25) is 4.90 Å². The number of aromatic nitrogens is 4. The van der Waals surface area contributed by atoms with Gasteiger partial charge in [0.2, 0.25) is 0 Å². The van der Waals surface area contributed by atoms with Crippen LogP contribution < -0.4 is 5.32 Å². The first-order valence-corrected chi connectivity index (χ1v) is 9.30. The number of carbonyl (C=O) groups is 1. The standard InChI is InChI=1S/C14H17N7.C5H10O3/c1-20-18-14(17-19-20)13(21-8-6-16-7-9-21)12-4-2-11(10-15)3-5-12;1-5(2,3)8-4(6)7/h2-5,13,16H,6-9H2,1H3;1-3H3,(H,6,7). The van der Waals surface area contributed by atoms with Crippen molar-refractivity contribution in [2.75, 3.05) is 26.2 Å². The Balaban J connectivity index is 0.000000321. The Morgan fingerprint density at radius 3 is 2.31 bits per heavy atom. The van der Waals surface area contributed by atoms with Crippen LogP contribution in [0.15, 0.2) is 24.3 Å². The maximum atomic E-state index is 9.79. The second-order valence-electron chi connectivity index (χ2n) is 7.54. The lowest BCUT2D eigenvalue weighted by molar-refractivity contribution is 0.0150. The van der Waals surface area contributed by atoms with Crippen LogP contribution in [-0.4, -0.2) is 68.1 Å². The predicted molar refractivity (Wildman–Crippen MR) is 105 cm³/mol. The summed E-state index contributed by atoms with van der Waals surface area (Å²) in [6.45, 7) is 8.81. The molecule has 1 aromatic carbocycles. The molecule has 0 radical (unpaired) electrons. The van der Waals surface area contributed by atoms with Crippen molar-refractivity contribution in [2.24, 2.45) is 7.05 Å². The van der Waals surface area contributed by atoms with E-state index in [1.165, 1.54) is 4.80 Å². The highest BCUT2D eigenvalue weighted by Crippen LogP contribution is 2.26.